The molecule has 274 valence electrons. The molecule has 0 amide bonds. The van der Waals surface area contributed by atoms with Gasteiger partial charge in [-0.1, -0.05) is 6.07 Å². The lowest BCUT2D eigenvalue weighted by Gasteiger charge is -2.22. The minimum absolute atomic E-state index is 0.0205. The number of methoxy groups -OCH3 is 1. The fourth-order valence-electron chi connectivity index (χ4n) is 4.90. The summed E-state index contributed by atoms with van der Waals surface area (Å²) in [6.07, 6.45) is 0. The largest absolute Gasteiger partial charge is 0.505 e. The van der Waals surface area contributed by atoms with Crippen LogP contribution in [-0.2, 0) is 30.1 Å². The number of fused-ring (bicyclic) bond motifs is 1. The standard InChI is InChI=1S/C30H28ClN7O11S3/c1-3-38(19-5-4-6-21(15-19)50(41,42)12-11-39)30-34-28(31)33-29(35-30)32-18-7-9-22-17(13-18)14-25(52(46,47)48)26(27(22)40)37-36-23-10-8-20(49-2)16-24(23)51(43,44)45/h4-10,13-16,39-40H,3,11-12H2,1-2H3,(H,43,44,45)(H,46,47,48)(H,32,33,34,35). The van der Waals surface area contributed by atoms with Crippen LogP contribution in [0.2, 0.25) is 5.28 Å². The molecule has 0 fully saturated rings. The summed E-state index contributed by atoms with van der Waals surface area (Å²) in [5, 5.41) is 30.5. The Morgan fingerprint density at radius 3 is 2.27 bits per heavy atom. The number of benzene rings is 4. The highest BCUT2D eigenvalue weighted by molar-refractivity contribution is 7.91. The van der Waals surface area contributed by atoms with Crippen LogP contribution in [0.15, 0.2) is 91.6 Å². The molecule has 0 bridgehead atoms. The number of aliphatic hydroxyl groups excluding tert-OH is 1. The molecule has 52 heavy (non-hydrogen) atoms. The fourth-order valence-corrected chi connectivity index (χ4v) is 7.42. The molecule has 5 rings (SSSR count). The molecule has 0 unspecified atom stereocenters. The molecule has 5 aromatic rings. The van der Waals surface area contributed by atoms with Gasteiger partial charge in [0.15, 0.2) is 15.6 Å². The number of aromatic hydroxyl groups is 1. The van der Waals surface area contributed by atoms with Crippen LogP contribution in [0.1, 0.15) is 6.92 Å². The maximum atomic E-state index is 12.6. The molecule has 4 aromatic carbocycles. The Labute approximate surface area is 301 Å². The van der Waals surface area contributed by atoms with Crippen molar-refractivity contribution in [3.8, 4) is 11.5 Å². The van der Waals surface area contributed by atoms with Crippen molar-refractivity contribution in [3.63, 3.8) is 0 Å². The number of phenolic OH excluding ortho intramolecular Hbond substituents is 1. The van der Waals surface area contributed by atoms with Crippen LogP contribution < -0.4 is 15.0 Å². The molecule has 1 heterocycles. The summed E-state index contributed by atoms with van der Waals surface area (Å²) in [5.74, 6) is -1.18. The van der Waals surface area contributed by atoms with Crippen LogP contribution >= 0.6 is 11.6 Å². The van der Waals surface area contributed by atoms with Crippen molar-refractivity contribution >= 4 is 87.1 Å². The van der Waals surface area contributed by atoms with Gasteiger partial charge in [-0.15, -0.1) is 10.2 Å². The van der Waals surface area contributed by atoms with Gasteiger partial charge in [-0.25, -0.2) is 8.42 Å². The first-order valence-electron chi connectivity index (χ1n) is 14.7. The highest BCUT2D eigenvalue weighted by Crippen LogP contribution is 2.43. The number of hydrogen-bond acceptors (Lipinski definition) is 16. The molecular formula is C30H28ClN7O11S3. The van der Waals surface area contributed by atoms with E-state index in [-0.39, 0.29) is 50.8 Å². The van der Waals surface area contributed by atoms with Crippen LogP contribution in [0.4, 0.5) is 34.6 Å². The number of hydrogen-bond donors (Lipinski definition) is 5. The summed E-state index contributed by atoms with van der Waals surface area (Å²) in [6.45, 7) is 1.48. The number of halogens is 1. The van der Waals surface area contributed by atoms with Crippen molar-refractivity contribution in [1.82, 2.24) is 15.0 Å². The molecular weight excluding hydrogens is 766 g/mol. The smallest absolute Gasteiger partial charge is 0.296 e. The second-order valence-electron chi connectivity index (χ2n) is 10.6. The van der Waals surface area contributed by atoms with Gasteiger partial charge in [-0.3, -0.25) is 9.11 Å². The lowest BCUT2D eigenvalue weighted by molar-refractivity contribution is 0.319. The number of ether oxygens (including phenoxy) is 1. The zero-order valence-electron chi connectivity index (χ0n) is 26.9. The fraction of sp³-hybridized carbons (Fsp3) is 0.167. The van der Waals surface area contributed by atoms with Crippen molar-refractivity contribution < 1.29 is 49.3 Å². The monoisotopic (exact) mass is 793 g/mol. The maximum Gasteiger partial charge on any atom is 0.296 e. The van der Waals surface area contributed by atoms with Crippen LogP contribution in [0.5, 0.6) is 11.5 Å². The van der Waals surface area contributed by atoms with E-state index in [0.29, 0.717) is 5.69 Å². The maximum absolute atomic E-state index is 12.6. The Kier molecular flexibility index (Phi) is 11.0. The van der Waals surface area contributed by atoms with Crippen molar-refractivity contribution in [2.24, 2.45) is 10.2 Å². The highest BCUT2D eigenvalue weighted by atomic mass is 35.5. The van der Waals surface area contributed by atoms with Gasteiger partial charge in [0, 0.05) is 29.4 Å². The Morgan fingerprint density at radius 1 is 0.885 bits per heavy atom. The van der Waals surface area contributed by atoms with Crippen LogP contribution in [0.3, 0.4) is 0 Å². The number of anilines is 4. The third-order valence-electron chi connectivity index (χ3n) is 7.29. The lowest BCUT2D eigenvalue weighted by Crippen LogP contribution is -2.20. The first-order chi connectivity index (χ1) is 24.4. The number of nitrogens with zero attached hydrogens (tertiary/aromatic N) is 6. The number of phenols is 1. The first kappa shape index (κ1) is 38.2. The minimum Gasteiger partial charge on any atom is -0.505 e. The summed E-state index contributed by atoms with van der Waals surface area (Å²) >= 11 is 6.22. The average molecular weight is 794 g/mol. The molecule has 0 radical (unpaired) electrons. The van der Waals surface area contributed by atoms with Gasteiger partial charge in [-0.05, 0) is 78.5 Å². The Balaban J connectivity index is 1.52. The topological polar surface area (TPSA) is 271 Å². The van der Waals surface area contributed by atoms with E-state index in [9.17, 15) is 39.5 Å². The Morgan fingerprint density at radius 2 is 1.62 bits per heavy atom. The van der Waals surface area contributed by atoms with Crippen molar-refractivity contribution in [2.45, 2.75) is 21.6 Å². The van der Waals surface area contributed by atoms with Crippen molar-refractivity contribution in [3.05, 3.63) is 72.0 Å². The Hall–Kier alpha value is -5.03. The minimum atomic E-state index is -5.07. The van der Waals surface area contributed by atoms with Crippen molar-refractivity contribution in [2.75, 3.05) is 36.2 Å². The molecule has 0 aliphatic heterocycles. The average Bonchev–Trinajstić information content (AvgIpc) is 3.07. The van der Waals surface area contributed by atoms with Crippen LogP contribution in [0, 0.1) is 0 Å². The van der Waals surface area contributed by atoms with E-state index in [4.69, 9.17) is 21.4 Å². The normalized spacial score (nSPS) is 12.3. The highest BCUT2D eigenvalue weighted by Gasteiger charge is 2.24. The van der Waals surface area contributed by atoms with Gasteiger partial charge in [0.2, 0.25) is 17.2 Å². The first-order valence-corrected chi connectivity index (χ1v) is 19.6. The van der Waals surface area contributed by atoms with Gasteiger partial charge in [-0.2, -0.15) is 31.8 Å². The predicted molar refractivity (Wildman–Crippen MR) is 189 cm³/mol. The second-order valence-corrected chi connectivity index (χ2v) is 15.9. The van der Waals surface area contributed by atoms with Gasteiger partial charge in [0.1, 0.15) is 26.9 Å². The molecule has 0 saturated heterocycles. The summed E-state index contributed by atoms with van der Waals surface area (Å²) in [4.78, 5) is 12.6. The number of azo groups is 1. The third kappa shape index (κ3) is 8.36. The van der Waals surface area contributed by atoms with Crippen LogP contribution in [0.25, 0.3) is 10.8 Å². The summed E-state index contributed by atoms with van der Waals surface area (Å²) in [6, 6.07) is 14.5. The van der Waals surface area contributed by atoms with E-state index in [1.54, 1.807) is 17.9 Å². The van der Waals surface area contributed by atoms with Crippen molar-refractivity contribution in [1.29, 1.82) is 0 Å². The molecule has 22 heteroatoms. The molecule has 1 aromatic heterocycles. The number of rotatable bonds is 13. The summed E-state index contributed by atoms with van der Waals surface area (Å²) in [5.41, 5.74) is -0.496. The van der Waals surface area contributed by atoms with E-state index in [0.717, 1.165) is 18.2 Å². The SMILES string of the molecule is CCN(c1cccc(S(=O)(=O)CCO)c1)c1nc(Cl)nc(Nc2ccc3c(O)c(N=Nc4ccc(OC)cc4S(=O)(=O)O)c(S(=O)(=O)O)cc3c2)n1. The van der Waals surface area contributed by atoms with Crippen LogP contribution in [-0.4, -0.2) is 85.5 Å². The number of sulfone groups is 1. The molecule has 18 nitrogen and oxygen atoms in total. The molecule has 0 atom stereocenters. The molecule has 0 saturated carbocycles. The van der Waals surface area contributed by atoms with Gasteiger partial charge < -0.3 is 25.2 Å². The number of aromatic nitrogens is 3. The molecule has 0 spiro atoms. The van der Waals surface area contributed by atoms with Gasteiger partial charge >= 0.3 is 0 Å². The quantitative estimate of drug-likeness (QED) is 0.0777. The zero-order valence-corrected chi connectivity index (χ0v) is 30.1. The third-order valence-corrected chi connectivity index (χ3v) is 10.9. The van der Waals surface area contributed by atoms with E-state index in [2.05, 4.69) is 30.5 Å². The lowest BCUT2D eigenvalue weighted by atomic mass is 10.1. The zero-order chi connectivity index (χ0) is 38.0. The molecule has 0 aliphatic carbocycles. The van der Waals surface area contributed by atoms with E-state index < -0.39 is 69.3 Å². The molecule has 5 N–H and O–H groups in total. The van der Waals surface area contributed by atoms with Gasteiger partial charge in [0.05, 0.1) is 24.4 Å². The van der Waals surface area contributed by atoms with E-state index >= 15 is 0 Å². The Bertz CT molecular complexity index is 2560. The number of aliphatic hydroxyl groups is 1. The van der Waals surface area contributed by atoms with Gasteiger partial charge in [0.25, 0.3) is 20.2 Å². The predicted octanol–water partition coefficient (Wildman–Crippen LogP) is 4.97. The second kappa shape index (κ2) is 14.9. The molecule has 0 aliphatic rings. The van der Waals surface area contributed by atoms with E-state index in [1.165, 1.54) is 49.6 Å². The van der Waals surface area contributed by atoms with E-state index in [1.807, 2.05) is 0 Å². The summed E-state index contributed by atoms with van der Waals surface area (Å²) in [7, 11) is -12.4. The number of nitrogens with one attached hydrogen (secondary N) is 1. The summed E-state index contributed by atoms with van der Waals surface area (Å²) < 4.78 is 98.5.